The van der Waals surface area contributed by atoms with E-state index in [1.165, 1.54) is 0 Å². The monoisotopic (exact) mass is 266 g/mol. The third-order valence-corrected chi connectivity index (χ3v) is 2.12. The van der Waals surface area contributed by atoms with E-state index in [2.05, 4.69) is 5.32 Å². The van der Waals surface area contributed by atoms with E-state index in [9.17, 15) is 4.79 Å². The van der Waals surface area contributed by atoms with E-state index in [1.807, 2.05) is 32.9 Å². The number of anilines is 1. The molecule has 5 nitrogen and oxygen atoms in total. The van der Waals surface area contributed by atoms with Gasteiger partial charge in [0.2, 0.25) is 0 Å². The number of nitrogens with one attached hydrogen (secondary N) is 1. The summed E-state index contributed by atoms with van der Waals surface area (Å²) < 4.78 is 10.6. The van der Waals surface area contributed by atoms with Crippen molar-refractivity contribution in [3.63, 3.8) is 0 Å². The summed E-state index contributed by atoms with van der Waals surface area (Å²) in [4.78, 5) is 11.4. The first kappa shape index (κ1) is 15.3. The fourth-order valence-electron chi connectivity index (χ4n) is 1.37. The Hall–Kier alpha value is -1.75. The SMILES string of the molecule is CC(C)(C)OC(=O)CNCCOc1ccc(N)cc1. The Bertz CT molecular complexity index is 396. The zero-order valence-corrected chi connectivity index (χ0v) is 11.7. The zero-order chi connectivity index (χ0) is 14.3. The fourth-order valence-corrected chi connectivity index (χ4v) is 1.37. The smallest absolute Gasteiger partial charge is 0.320 e. The van der Waals surface area contributed by atoms with Gasteiger partial charge in [0.15, 0.2) is 0 Å². The molecule has 5 heteroatoms. The maximum Gasteiger partial charge on any atom is 0.320 e. The van der Waals surface area contributed by atoms with Crippen LogP contribution in [0.3, 0.4) is 0 Å². The van der Waals surface area contributed by atoms with Crippen molar-refractivity contribution < 1.29 is 14.3 Å². The molecule has 0 aromatic heterocycles. The molecule has 0 bridgehead atoms. The molecule has 0 heterocycles. The van der Waals surface area contributed by atoms with Gasteiger partial charge in [-0.1, -0.05) is 0 Å². The molecule has 0 aliphatic heterocycles. The number of nitrogens with two attached hydrogens (primary N) is 1. The number of nitrogen functional groups attached to an aromatic ring is 1. The average molecular weight is 266 g/mol. The summed E-state index contributed by atoms with van der Waals surface area (Å²) in [6.07, 6.45) is 0. The summed E-state index contributed by atoms with van der Waals surface area (Å²) in [5.74, 6) is 0.494. The van der Waals surface area contributed by atoms with Gasteiger partial charge >= 0.3 is 5.97 Å². The second-order valence-electron chi connectivity index (χ2n) is 5.18. The lowest BCUT2D eigenvalue weighted by atomic mass is 10.2. The van der Waals surface area contributed by atoms with Crippen LogP contribution in [0.15, 0.2) is 24.3 Å². The van der Waals surface area contributed by atoms with E-state index in [0.29, 0.717) is 18.8 Å². The minimum Gasteiger partial charge on any atom is -0.492 e. The summed E-state index contributed by atoms with van der Waals surface area (Å²) in [5.41, 5.74) is 5.83. The Morgan fingerprint density at radius 1 is 1.26 bits per heavy atom. The largest absolute Gasteiger partial charge is 0.492 e. The van der Waals surface area contributed by atoms with Gasteiger partial charge in [0.1, 0.15) is 18.0 Å². The molecule has 0 aliphatic carbocycles. The first-order valence-electron chi connectivity index (χ1n) is 6.28. The molecule has 0 atom stereocenters. The molecule has 0 saturated heterocycles. The van der Waals surface area contributed by atoms with Crippen LogP contribution in [-0.4, -0.2) is 31.3 Å². The lowest BCUT2D eigenvalue weighted by Crippen LogP contribution is -2.33. The summed E-state index contributed by atoms with van der Waals surface area (Å²) in [7, 11) is 0. The Morgan fingerprint density at radius 2 is 1.89 bits per heavy atom. The van der Waals surface area contributed by atoms with Crippen molar-refractivity contribution in [2.75, 3.05) is 25.4 Å². The number of carbonyl (C=O) groups is 1. The van der Waals surface area contributed by atoms with Gasteiger partial charge in [-0.3, -0.25) is 4.79 Å². The fraction of sp³-hybridized carbons (Fsp3) is 0.500. The number of rotatable bonds is 6. The van der Waals surface area contributed by atoms with E-state index < -0.39 is 5.60 Å². The average Bonchev–Trinajstić information content (AvgIpc) is 2.29. The number of ether oxygens (including phenoxy) is 2. The van der Waals surface area contributed by atoms with Crippen LogP contribution >= 0.6 is 0 Å². The number of hydrogen-bond donors (Lipinski definition) is 2. The van der Waals surface area contributed by atoms with Gasteiger partial charge in [-0.15, -0.1) is 0 Å². The molecule has 0 amide bonds. The van der Waals surface area contributed by atoms with Crippen molar-refractivity contribution in [2.45, 2.75) is 26.4 Å². The lowest BCUT2D eigenvalue weighted by molar-refractivity contribution is -0.153. The van der Waals surface area contributed by atoms with Gasteiger partial charge < -0.3 is 20.5 Å². The second kappa shape index (κ2) is 6.99. The van der Waals surface area contributed by atoms with Crippen LogP contribution in [0.5, 0.6) is 5.75 Å². The minimum atomic E-state index is -0.445. The van der Waals surface area contributed by atoms with Crippen molar-refractivity contribution in [2.24, 2.45) is 0 Å². The first-order chi connectivity index (χ1) is 8.87. The van der Waals surface area contributed by atoms with Crippen LogP contribution in [0, 0.1) is 0 Å². The van der Waals surface area contributed by atoms with Gasteiger partial charge in [0, 0.05) is 12.2 Å². The highest BCUT2D eigenvalue weighted by atomic mass is 16.6. The normalized spacial score (nSPS) is 11.1. The van der Waals surface area contributed by atoms with E-state index in [4.69, 9.17) is 15.2 Å². The van der Waals surface area contributed by atoms with Crippen molar-refractivity contribution in [1.82, 2.24) is 5.32 Å². The topological polar surface area (TPSA) is 73.6 Å². The predicted octanol–water partition coefficient (Wildman–Crippen LogP) is 1.58. The summed E-state index contributed by atoms with van der Waals surface area (Å²) in [5, 5.41) is 2.97. The molecule has 0 fully saturated rings. The molecule has 1 rings (SSSR count). The summed E-state index contributed by atoms with van der Waals surface area (Å²) >= 11 is 0. The number of benzene rings is 1. The van der Waals surface area contributed by atoms with Gasteiger partial charge in [0.25, 0.3) is 0 Å². The van der Waals surface area contributed by atoms with E-state index in [-0.39, 0.29) is 12.5 Å². The molecule has 1 aromatic rings. The maximum atomic E-state index is 11.4. The van der Waals surface area contributed by atoms with Crippen LogP contribution in [0.4, 0.5) is 5.69 Å². The standard InChI is InChI=1S/C14H22N2O3/c1-14(2,3)19-13(17)10-16-8-9-18-12-6-4-11(15)5-7-12/h4-7,16H,8-10,15H2,1-3H3. The Balaban J connectivity index is 2.11. The molecule has 3 N–H and O–H groups in total. The van der Waals surface area contributed by atoms with E-state index in [0.717, 1.165) is 5.75 Å². The van der Waals surface area contributed by atoms with E-state index >= 15 is 0 Å². The van der Waals surface area contributed by atoms with Gasteiger partial charge in [-0.25, -0.2) is 0 Å². The minimum absolute atomic E-state index is 0.183. The van der Waals surface area contributed by atoms with Crippen molar-refractivity contribution in [3.05, 3.63) is 24.3 Å². The maximum absolute atomic E-state index is 11.4. The Kier molecular flexibility index (Phi) is 5.63. The Labute approximate surface area is 114 Å². The van der Waals surface area contributed by atoms with Crippen LogP contribution < -0.4 is 15.8 Å². The highest BCUT2D eigenvalue weighted by molar-refractivity contribution is 5.72. The highest BCUT2D eigenvalue weighted by Crippen LogP contribution is 2.12. The molecule has 0 spiro atoms. The zero-order valence-electron chi connectivity index (χ0n) is 11.7. The van der Waals surface area contributed by atoms with E-state index in [1.54, 1.807) is 12.1 Å². The quantitative estimate of drug-likeness (QED) is 0.464. The molecule has 0 saturated carbocycles. The number of carbonyl (C=O) groups excluding carboxylic acids is 1. The molecule has 0 unspecified atom stereocenters. The first-order valence-corrected chi connectivity index (χ1v) is 6.28. The molecule has 0 radical (unpaired) electrons. The van der Waals surface area contributed by atoms with Crippen molar-refractivity contribution in [3.8, 4) is 5.75 Å². The molecular formula is C14H22N2O3. The van der Waals surface area contributed by atoms with Crippen LogP contribution in [0.2, 0.25) is 0 Å². The third-order valence-electron chi connectivity index (χ3n) is 2.12. The lowest BCUT2D eigenvalue weighted by Gasteiger charge is -2.19. The highest BCUT2D eigenvalue weighted by Gasteiger charge is 2.15. The van der Waals surface area contributed by atoms with Crippen molar-refractivity contribution in [1.29, 1.82) is 0 Å². The predicted molar refractivity (Wildman–Crippen MR) is 75.1 cm³/mol. The van der Waals surface area contributed by atoms with Gasteiger partial charge in [-0.2, -0.15) is 0 Å². The van der Waals surface area contributed by atoms with Crippen LogP contribution in [-0.2, 0) is 9.53 Å². The van der Waals surface area contributed by atoms with Crippen molar-refractivity contribution >= 4 is 11.7 Å². The molecule has 1 aromatic carbocycles. The molecular weight excluding hydrogens is 244 g/mol. The molecule has 0 aliphatic rings. The van der Waals surface area contributed by atoms with Crippen LogP contribution in [0.1, 0.15) is 20.8 Å². The van der Waals surface area contributed by atoms with Crippen LogP contribution in [0.25, 0.3) is 0 Å². The Morgan fingerprint density at radius 3 is 2.47 bits per heavy atom. The summed E-state index contributed by atoms with van der Waals surface area (Å²) in [6.45, 7) is 6.76. The van der Waals surface area contributed by atoms with Gasteiger partial charge in [0.05, 0.1) is 6.54 Å². The molecule has 106 valence electrons. The summed E-state index contributed by atoms with van der Waals surface area (Å²) in [6, 6.07) is 7.18. The van der Waals surface area contributed by atoms with Gasteiger partial charge in [-0.05, 0) is 45.0 Å². The third kappa shape index (κ3) is 7.31. The number of hydrogen-bond acceptors (Lipinski definition) is 5. The molecule has 19 heavy (non-hydrogen) atoms. The second-order valence-corrected chi connectivity index (χ2v) is 5.18. The number of esters is 1.